The lowest BCUT2D eigenvalue weighted by Crippen LogP contribution is -2.13. The number of amidine groups is 1. The molecule has 0 aliphatic heterocycles. The third-order valence-corrected chi connectivity index (χ3v) is 1.74. The number of anilines is 1. The largest absolute Gasteiger partial charge is 0.409 e. The minimum Gasteiger partial charge on any atom is -0.409 e. The Balaban J connectivity index is 2.60. The van der Waals surface area contributed by atoms with Crippen LogP contribution in [0.5, 0.6) is 0 Å². The number of oxime groups is 1. The molecule has 0 amide bonds. The number of carbonyl (C=O) groups is 1. The summed E-state index contributed by atoms with van der Waals surface area (Å²) in [4.78, 5) is 14.1. The van der Waals surface area contributed by atoms with E-state index in [1.54, 1.807) is 12.1 Å². The fourth-order valence-corrected chi connectivity index (χ4v) is 0.967. The molecule has 6 heteroatoms. The van der Waals surface area contributed by atoms with Crippen molar-refractivity contribution < 1.29 is 10.0 Å². The second-order valence-electron chi connectivity index (χ2n) is 2.80. The van der Waals surface area contributed by atoms with Crippen molar-refractivity contribution in [3.63, 3.8) is 0 Å². The van der Waals surface area contributed by atoms with Crippen LogP contribution in [0.25, 0.3) is 0 Å². The normalized spacial score (nSPS) is 11.1. The van der Waals surface area contributed by atoms with Gasteiger partial charge >= 0.3 is 0 Å². The summed E-state index contributed by atoms with van der Waals surface area (Å²) in [5.74, 6) is 0.660. The third-order valence-electron chi connectivity index (χ3n) is 1.74. The van der Waals surface area contributed by atoms with E-state index in [9.17, 15) is 4.79 Å². The number of nitrogens with two attached hydrogens (primary N) is 1. The quantitative estimate of drug-likeness (QED) is 0.160. The van der Waals surface area contributed by atoms with Crippen molar-refractivity contribution in [2.45, 2.75) is 6.42 Å². The van der Waals surface area contributed by atoms with Crippen molar-refractivity contribution in [3.8, 4) is 0 Å². The molecular formula is C9H12N4O2. The molecule has 0 radical (unpaired) electrons. The smallest absolute Gasteiger partial charge is 0.171 e. The lowest BCUT2D eigenvalue weighted by Gasteiger charge is -2.03. The molecule has 80 valence electrons. The van der Waals surface area contributed by atoms with Gasteiger partial charge in [0.15, 0.2) is 5.84 Å². The monoisotopic (exact) mass is 208 g/mol. The molecular weight excluding hydrogens is 196 g/mol. The highest BCUT2D eigenvalue weighted by atomic mass is 16.4. The maximum absolute atomic E-state index is 10.1. The molecule has 1 heterocycles. The van der Waals surface area contributed by atoms with Crippen molar-refractivity contribution in [2.75, 3.05) is 11.9 Å². The SMILES string of the molecule is N/C(=N\O)c1ccc(NCCC=O)nc1. The van der Waals surface area contributed by atoms with Gasteiger partial charge < -0.3 is 21.1 Å². The number of nitrogens with one attached hydrogen (secondary N) is 1. The van der Waals surface area contributed by atoms with Gasteiger partial charge in [0, 0.05) is 24.7 Å². The van der Waals surface area contributed by atoms with Gasteiger partial charge in [-0.25, -0.2) is 4.98 Å². The molecule has 0 saturated carbocycles. The highest BCUT2D eigenvalue weighted by Crippen LogP contribution is 2.04. The van der Waals surface area contributed by atoms with Gasteiger partial charge in [0.05, 0.1) is 0 Å². The second kappa shape index (κ2) is 5.58. The first kappa shape index (κ1) is 11.0. The summed E-state index contributed by atoms with van der Waals surface area (Å²) >= 11 is 0. The molecule has 0 aliphatic carbocycles. The van der Waals surface area contributed by atoms with Crippen LogP contribution < -0.4 is 11.1 Å². The number of carbonyl (C=O) groups excluding carboxylic acids is 1. The molecule has 0 unspecified atom stereocenters. The molecule has 1 aromatic rings. The highest BCUT2D eigenvalue weighted by Gasteiger charge is 1.99. The summed E-state index contributed by atoms with van der Waals surface area (Å²) in [7, 11) is 0. The van der Waals surface area contributed by atoms with E-state index in [1.165, 1.54) is 6.20 Å². The van der Waals surface area contributed by atoms with E-state index in [0.717, 1.165) is 6.29 Å². The molecule has 4 N–H and O–H groups in total. The van der Waals surface area contributed by atoms with Crippen molar-refractivity contribution in [3.05, 3.63) is 23.9 Å². The van der Waals surface area contributed by atoms with E-state index in [4.69, 9.17) is 10.9 Å². The minimum absolute atomic E-state index is 0.0157. The van der Waals surface area contributed by atoms with E-state index < -0.39 is 0 Å². The second-order valence-corrected chi connectivity index (χ2v) is 2.80. The van der Waals surface area contributed by atoms with Crippen molar-refractivity contribution in [2.24, 2.45) is 10.9 Å². The first-order valence-electron chi connectivity index (χ1n) is 4.39. The number of hydrogen-bond acceptors (Lipinski definition) is 5. The van der Waals surface area contributed by atoms with Crippen LogP contribution in [-0.2, 0) is 4.79 Å². The number of hydrogen-bond donors (Lipinski definition) is 3. The molecule has 1 rings (SSSR count). The van der Waals surface area contributed by atoms with Gasteiger partial charge in [-0.3, -0.25) is 0 Å². The Hall–Kier alpha value is -2.11. The molecule has 6 nitrogen and oxygen atoms in total. The maximum Gasteiger partial charge on any atom is 0.171 e. The van der Waals surface area contributed by atoms with E-state index >= 15 is 0 Å². The third kappa shape index (κ3) is 3.26. The van der Waals surface area contributed by atoms with Crippen LogP contribution >= 0.6 is 0 Å². The molecule has 0 spiro atoms. The van der Waals surface area contributed by atoms with E-state index in [2.05, 4.69) is 15.5 Å². The lowest BCUT2D eigenvalue weighted by atomic mass is 10.2. The summed E-state index contributed by atoms with van der Waals surface area (Å²) in [6.45, 7) is 0.541. The molecule has 0 aromatic carbocycles. The molecule has 0 atom stereocenters. The van der Waals surface area contributed by atoms with Crippen LogP contribution in [0.2, 0.25) is 0 Å². The Morgan fingerprint density at radius 1 is 1.67 bits per heavy atom. The average molecular weight is 208 g/mol. The van der Waals surface area contributed by atoms with Crippen LogP contribution in [0.3, 0.4) is 0 Å². The number of nitrogens with zero attached hydrogens (tertiary/aromatic N) is 2. The zero-order chi connectivity index (χ0) is 11.1. The fourth-order valence-electron chi connectivity index (χ4n) is 0.967. The zero-order valence-electron chi connectivity index (χ0n) is 8.05. The van der Waals surface area contributed by atoms with Crippen molar-refractivity contribution in [1.29, 1.82) is 0 Å². The molecule has 0 fully saturated rings. The first-order chi connectivity index (χ1) is 7.27. The topological polar surface area (TPSA) is 101 Å². The molecule has 15 heavy (non-hydrogen) atoms. The van der Waals surface area contributed by atoms with Crippen molar-refractivity contribution in [1.82, 2.24) is 4.98 Å². The Kier molecular flexibility index (Phi) is 4.08. The average Bonchev–Trinajstić information content (AvgIpc) is 2.29. The maximum atomic E-state index is 10.1. The standard InChI is InChI=1S/C9H12N4O2/c10-9(13-15)7-2-3-8(12-6-7)11-4-1-5-14/h2-3,5-6,15H,1,4H2,(H2,10,13)(H,11,12). The zero-order valence-corrected chi connectivity index (χ0v) is 8.05. The van der Waals surface area contributed by atoms with Gasteiger partial charge in [0.1, 0.15) is 12.1 Å². The van der Waals surface area contributed by atoms with Gasteiger partial charge in [0.2, 0.25) is 0 Å². The van der Waals surface area contributed by atoms with Gasteiger partial charge in [0.25, 0.3) is 0 Å². The Labute approximate surface area is 86.8 Å². The Morgan fingerprint density at radius 2 is 2.47 bits per heavy atom. The van der Waals surface area contributed by atoms with Crippen molar-refractivity contribution >= 4 is 17.9 Å². The van der Waals surface area contributed by atoms with E-state index in [0.29, 0.717) is 24.3 Å². The van der Waals surface area contributed by atoms with E-state index in [1.807, 2.05) is 0 Å². The molecule has 1 aromatic heterocycles. The molecule has 0 bridgehead atoms. The number of pyridine rings is 1. The lowest BCUT2D eigenvalue weighted by molar-refractivity contribution is -0.107. The number of aldehydes is 1. The van der Waals surface area contributed by atoms with Gasteiger partial charge in [-0.15, -0.1) is 0 Å². The highest BCUT2D eigenvalue weighted by molar-refractivity contribution is 5.96. The predicted molar refractivity (Wildman–Crippen MR) is 55.9 cm³/mol. The van der Waals surface area contributed by atoms with Gasteiger partial charge in [-0.1, -0.05) is 5.16 Å². The molecule has 0 aliphatic rings. The predicted octanol–water partition coefficient (Wildman–Crippen LogP) is 0.177. The van der Waals surface area contributed by atoms with E-state index in [-0.39, 0.29) is 5.84 Å². The van der Waals surface area contributed by atoms with Crippen LogP contribution in [0.4, 0.5) is 5.82 Å². The Bertz CT molecular complexity index is 348. The van der Waals surface area contributed by atoms with Gasteiger partial charge in [-0.2, -0.15) is 0 Å². The first-order valence-corrected chi connectivity index (χ1v) is 4.39. The summed E-state index contributed by atoms with van der Waals surface area (Å²) in [6.07, 6.45) is 2.75. The summed E-state index contributed by atoms with van der Waals surface area (Å²) < 4.78 is 0. The summed E-state index contributed by atoms with van der Waals surface area (Å²) in [6, 6.07) is 3.36. The van der Waals surface area contributed by atoms with Crippen LogP contribution in [0, 0.1) is 0 Å². The molecule has 0 saturated heterocycles. The van der Waals surface area contributed by atoms with Crippen LogP contribution in [-0.4, -0.2) is 28.9 Å². The summed E-state index contributed by atoms with van der Waals surface area (Å²) in [5, 5.41) is 14.2. The number of rotatable bonds is 5. The minimum atomic E-state index is 0.0157. The van der Waals surface area contributed by atoms with Gasteiger partial charge in [-0.05, 0) is 12.1 Å². The summed E-state index contributed by atoms with van der Waals surface area (Å²) in [5.41, 5.74) is 5.90. The van der Waals surface area contributed by atoms with Crippen LogP contribution in [0.15, 0.2) is 23.5 Å². The number of aromatic nitrogens is 1. The Morgan fingerprint density at radius 3 is 3.00 bits per heavy atom. The fraction of sp³-hybridized carbons (Fsp3) is 0.222. The van der Waals surface area contributed by atoms with Crippen LogP contribution in [0.1, 0.15) is 12.0 Å².